The first-order valence-electron chi connectivity index (χ1n) is 11.0. The summed E-state index contributed by atoms with van der Waals surface area (Å²) in [5.74, 6) is -1.30. The first kappa shape index (κ1) is 20.5. The third kappa shape index (κ3) is 3.42. The van der Waals surface area contributed by atoms with Gasteiger partial charge in [-0.2, -0.15) is 0 Å². The average molecular weight is 434 g/mol. The maximum atomic E-state index is 12.6. The SMILES string of the molecule is CN(C(=O)C1CC1CNC(=O)OCC1c2ccccc2-c2ccccc21)C1(C(=O)O)CC1. The van der Waals surface area contributed by atoms with Gasteiger partial charge in [0.15, 0.2) is 0 Å². The summed E-state index contributed by atoms with van der Waals surface area (Å²) in [4.78, 5) is 37.7. The number of likely N-dealkylation sites (N-methyl/N-ethyl adjacent to an activating group) is 1. The Morgan fingerprint density at radius 1 is 1.06 bits per heavy atom. The van der Waals surface area contributed by atoms with Gasteiger partial charge >= 0.3 is 12.1 Å². The fourth-order valence-electron chi connectivity index (χ4n) is 4.91. The first-order chi connectivity index (χ1) is 15.4. The number of carbonyl (C=O) groups is 3. The zero-order chi connectivity index (χ0) is 22.5. The van der Waals surface area contributed by atoms with Crippen LogP contribution in [0.5, 0.6) is 0 Å². The van der Waals surface area contributed by atoms with Crippen molar-refractivity contribution in [2.24, 2.45) is 11.8 Å². The van der Waals surface area contributed by atoms with Gasteiger partial charge in [-0.25, -0.2) is 9.59 Å². The van der Waals surface area contributed by atoms with Gasteiger partial charge in [0.1, 0.15) is 12.1 Å². The van der Waals surface area contributed by atoms with E-state index in [-0.39, 0.29) is 30.3 Å². The lowest BCUT2D eigenvalue weighted by atomic mass is 9.98. The van der Waals surface area contributed by atoms with Crippen LogP contribution in [0.15, 0.2) is 48.5 Å². The highest BCUT2D eigenvalue weighted by Crippen LogP contribution is 2.47. The topological polar surface area (TPSA) is 95.9 Å². The largest absolute Gasteiger partial charge is 0.479 e. The highest BCUT2D eigenvalue weighted by molar-refractivity contribution is 5.91. The van der Waals surface area contributed by atoms with Crippen LogP contribution >= 0.6 is 0 Å². The van der Waals surface area contributed by atoms with E-state index in [1.54, 1.807) is 7.05 Å². The Morgan fingerprint density at radius 3 is 2.22 bits per heavy atom. The lowest BCUT2D eigenvalue weighted by molar-refractivity contribution is -0.151. The summed E-state index contributed by atoms with van der Waals surface area (Å²) in [7, 11) is 1.57. The van der Waals surface area contributed by atoms with Crippen LogP contribution in [0, 0.1) is 11.8 Å². The van der Waals surface area contributed by atoms with Gasteiger partial charge in [-0.15, -0.1) is 0 Å². The normalized spacial score (nSPS) is 21.8. The number of nitrogens with zero attached hydrogens (tertiary/aromatic N) is 1. The van der Waals surface area contributed by atoms with E-state index < -0.39 is 17.6 Å². The molecule has 2 atom stereocenters. The summed E-state index contributed by atoms with van der Waals surface area (Å²) in [6.45, 7) is 0.595. The molecule has 0 aliphatic heterocycles. The van der Waals surface area contributed by atoms with Crippen molar-refractivity contribution < 1.29 is 24.2 Å². The lowest BCUT2D eigenvalue weighted by Gasteiger charge is -2.24. The van der Waals surface area contributed by atoms with Gasteiger partial charge in [0.05, 0.1) is 0 Å². The van der Waals surface area contributed by atoms with E-state index in [0.717, 1.165) is 11.1 Å². The molecule has 2 aromatic carbocycles. The van der Waals surface area contributed by atoms with E-state index >= 15 is 0 Å². The molecule has 2 unspecified atom stereocenters. The molecule has 3 aliphatic rings. The molecule has 2 amide bonds. The molecule has 0 bridgehead atoms. The molecule has 32 heavy (non-hydrogen) atoms. The molecule has 2 fully saturated rings. The van der Waals surface area contributed by atoms with Crippen molar-refractivity contribution in [2.45, 2.75) is 30.7 Å². The Labute approximate surface area is 186 Å². The number of ether oxygens (including phenoxy) is 1. The van der Waals surface area contributed by atoms with Gasteiger partial charge in [0.2, 0.25) is 5.91 Å². The number of nitrogens with one attached hydrogen (secondary N) is 1. The molecule has 0 aromatic heterocycles. The van der Waals surface area contributed by atoms with Gasteiger partial charge in [-0.3, -0.25) is 4.79 Å². The second kappa shape index (κ2) is 7.65. The van der Waals surface area contributed by atoms with Crippen LogP contribution in [-0.2, 0) is 14.3 Å². The van der Waals surface area contributed by atoms with Crippen molar-refractivity contribution >= 4 is 18.0 Å². The molecule has 7 heteroatoms. The first-order valence-corrected chi connectivity index (χ1v) is 11.0. The molecule has 2 saturated carbocycles. The number of fused-ring (bicyclic) bond motifs is 3. The molecule has 0 saturated heterocycles. The third-order valence-corrected chi connectivity index (χ3v) is 7.19. The Bertz CT molecular complexity index is 1050. The van der Waals surface area contributed by atoms with E-state index in [0.29, 0.717) is 25.8 Å². The molecule has 166 valence electrons. The minimum Gasteiger partial charge on any atom is -0.479 e. The zero-order valence-corrected chi connectivity index (χ0v) is 17.9. The monoisotopic (exact) mass is 434 g/mol. The van der Waals surface area contributed by atoms with Crippen LogP contribution in [0.2, 0.25) is 0 Å². The number of aliphatic carboxylic acids is 1. The number of hydrogen-bond donors (Lipinski definition) is 2. The molecular formula is C25H26N2O5. The minimum atomic E-state index is -1.02. The molecular weight excluding hydrogens is 408 g/mol. The summed E-state index contributed by atoms with van der Waals surface area (Å²) in [6, 6.07) is 16.3. The van der Waals surface area contributed by atoms with E-state index in [1.807, 2.05) is 24.3 Å². The Morgan fingerprint density at radius 2 is 1.66 bits per heavy atom. The fourth-order valence-corrected chi connectivity index (χ4v) is 4.91. The van der Waals surface area contributed by atoms with Gasteiger partial charge in [0.25, 0.3) is 0 Å². The number of rotatable bonds is 7. The maximum absolute atomic E-state index is 12.6. The fraction of sp³-hybridized carbons (Fsp3) is 0.400. The smallest absolute Gasteiger partial charge is 0.407 e. The van der Waals surface area contributed by atoms with E-state index in [2.05, 4.69) is 29.6 Å². The van der Waals surface area contributed by atoms with Crippen molar-refractivity contribution in [1.82, 2.24) is 10.2 Å². The molecule has 2 aromatic rings. The summed E-state index contributed by atoms with van der Waals surface area (Å²) >= 11 is 0. The summed E-state index contributed by atoms with van der Waals surface area (Å²) in [6.07, 6.45) is 1.16. The number of benzene rings is 2. The Hall–Kier alpha value is -3.35. The van der Waals surface area contributed by atoms with Crippen LogP contribution in [-0.4, -0.2) is 53.7 Å². The zero-order valence-electron chi connectivity index (χ0n) is 17.9. The minimum absolute atomic E-state index is 0.00259. The van der Waals surface area contributed by atoms with Crippen molar-refractivity contribution in [1.29, 1.82) is 0 Å². The highest BCUT2D eigenvalue weighted by atomic mass is 16.5. The van der Waals surface area contributed by atoms with Crippen LogP contribution in [0.4, 0.5) is 4.79 Å². The molecule has 0 spiro atoms. The van der Waals surface area contributed by atoms with Crippen LogP contribution in [0.3, 0.4) is 0 Å². The molecule has 2 N–H and O–H groups in total. The number of carbonyl (C=O) groups excluding carboxylic acids is 2. The predicted octanol–water partition coefficient (Wildman–Crippen LogP) is 3.24. The number of hydrogen-bond acceptors (Lipinski definition) is 4. The number of alkyl carbamates (subject to hydrolysis) is 1. The molecule has 5 rings (SSSR count). The van der Waals surface area contributed by atoms with Gasteiger partial charge in [0, 0.05) is 25.4 Å². The van der Waals surface area contributed by atoms with E-state index in [4.69, 9.17) is 4.74 Å². The highest BCUT2D eigenvalue weighted by Gasteiger charge is 2.58. The third-order valence-electron chi connectivity index (χ3n) is 7.19. The van der Waals surface area contributed by atoms with E-state index in [9.17, 15) is 19.5 Å². The Balaban J connectivity index is 1.12. The molecule has 0 radical (unpaired) electrons. The summed E-state index contributed by atoms with van der Waals surface area (Å²) in [5, 5.41) is 12.1. The van der Waals surface area contributed by atoms with Crippen LogP contribution in [0.25, 0.3) is 11.1 Å². The number of amides is 2. The standard InChI is InChI=1S/C25H26N2O5/c1-27(25(10-11-25)23(29)30)22(28)20-12-15(20)13-26-24(31)32-14-21-18-8-4-2-6-16(18)17-7-3-5-9-19(17)21/h2-9,15,20-21H,10-14H2,1H3,(H,26,31)(H,29,30). The number of carboxylic acid groups (broad SMARTS) is 1. The molecule has 0 heterocycles. The van der Waals surface area contributed by atoms with E-state index in [1.165, 1.54) is 16.0 Å². The summed E-state index contributed by atoms with van der Waals surface area (Å²) < 4.78 is 5.53. The second-order valence-electron chi connectivity index (χ2n) is 9.04. The van der Waals surface area contributed by atoms with Crippen molar-refractivity contribution in [2.75, 3.05) is 20.2 Å². The Kier molecular flexibility index (Phi) is 4.92. The van der Waals surface area contributed by atoms with Gasteiger partial charge < -0.3 is 20.1 Å². The summed E-state index contributed by atoms with van der Waals surface area (Å²) in [5.41, 5.74) is 3.64. The lowest BCUT2D eigenvalue weighted by Crippen LogP contribution is -2.45. The maximum Gasteiger partial charge on any atom is 0.407 e. The van der Waals surface area contributed by atoms with Crippen molar-refractivity contribution in [3.63, 3.8) is 0 Å². The van der Waals surface area contributed by atoms with Crippen LogP contribution in [0.1, 0.15) is 36.3 Å². The van der Waals surface area contributed by atoms with Gasteiger partial charge in [-0.05, 0) is 47.4 Å². The quantitative estimate of drug-likeness (QED) is 0.698. The van der Waals surface area contributed by atoms with Crippen LogP contribution < -0.4 is 5.32 Å². The molecule has 3 aliphatic carbocycles. The molecule has 7 nitrogen and oxygen atoms in total. The average Bonchev–Trinajstić information content (AvgIpc) is 3.72. The van der Waals surface area contributed by atoms with Crippen molar-refractivity contribution in [3.05, 3.63) is 59.7 Å². The number of carboxylic acids is 1. The predicted molar refractivity (Wildman–Crippen MR) is 117 cm³/mol. The van der Waals surface area contributed by atoms with Crippen molar-refractivity contribution in [3.8, 4) is 11.1 Å². The van der Waals surface area contributed by atoms with Gasteiger partial charge in [-0.1, -0.05) is 48.5 Å². The second-order valence-corrected chi connectivity index (χ2v) is 9.04.